The number of nitrogens with zero attached hydrogens (tertiary/aromatic N) is 2. The van der Waals surface area contributed by atoms with Gasteiger partial charge in [-0.15, -0.1) is 0 Å². The number of hydrogen-bond acceptors (Lipinski definition) is 2. The van der Waals surface area contributed by atoms with E-state index < -0.39 is 0 Å². The summed E-state index contributed by atoms with van der Waals surface area (Å²) in [4.78, 5) is 34.2. The maximum absolute atomic E-state index is 15.2. The number of unbranched alkanes of at least 4 members (excludes halogenated alkanes) is 12. The zero-order valence-electron chi connectivity index (χ0n) is 41.4. The van der Waals surface area contributed by atoms with Crippen LogP contribution in [-0.4, -0.2) is 24.9 Å². The van der Waals surface area contributed by atoms with Gasteiger partial charge in [0.1, 0.15) is 0 Å². The van der Waals surface area contributed by atoms with Crippen LogP contribution in [0.1, 0.15) is 205 Å². The smallest absolute Gasteiger partial charge is 0.259 e. The van der Waals surface area contributed by atoms with Gasteiger partial charge < -0.3 is 9.80 Å². The number of fused-ring (bicyclic) bond motifs is 5. The van der Waals surface area contributed by atoms with E-state index in [0.29, 0.717) is 36.1 Å². The molecule has 0 saturated carbocycles. The standard InChI is InChI=1S/C61H82N2O2/c1-7-13-17-19-21-27-39-61(40-28-22-20-18-14-8-2)53-33-25-23-31-49(53)50-37-35-47(41-54(50)61)48-36-38-52-56(42-48)63(44-46(12-6)30-16-10-4)60(65)58(52)57-51-32-24-26-34-55(51)62(59(57)64)43-45(11-5)29-15-9-3/h23-26,31-38,41-42,45-46H,7-22,27-30,39-40,43-44H2,1-6H3/b58-57+. The van der Waals surface area contributed by atoms with E-state index in [-0.39, 0.29) is 17.2 Å². The summed E-state index contributed by atoms with van der Waals surface area (Å²) in [5.74, 6) is 0.757. The molecular formula is C61H82N2O2. The molecule has 4 heteroatoms. The molecule has 2 aliphatic heterocycles. The largest absolute Gasteiger partial charge is 0.307 e. The van der Waals surface area contributed by atoms with Crippen LogP contribution in [0.15, 0.2) is 84.9 Å². The highest BCUT2D eigenvalue weighted by Crippen LogP contribution is 2.55. The second-order valence-corrected chi connectivity index (χ2v) is 20.1. The molecule has 0 fully saturated rings. The average molecular weight is 875 g/mol. The number of carbonyl (C=O) groups is 2. The molecular weight excluding hydrogens is 793 g/mol. The Morgan fingerprint density at radius 1 is 0.431 bits per heavy atom. The lowest BCUT2D eigenvalue weighted by Gasteiger charge is -2.33. The van der Waals surface area contributed by atoms with E-state index in [2.05, 4.69) is 119 Å². The highest BCUT2D eigenvalue weighted by atomic mass is 16.2. The molecule has 7 rings (SSSR count). The van der Waals surface area contributed by atoms with Gasteiger partial charge in [0.2, 0.25) is 0 Å². The molecule has 4 nitrogen and oxygen atoms in total. The van der Waals surface area contributed by atoms with Crippen molar-refractivity contribution in [3.8, 4) is 22.3 Å². The van der Waals surface area contributed by atoms with Crippen LogP contribution < -0.4 is 9.80 Å². The van der Waals surface area contributed by atoms with Gasteiger partial charge in [0.05, 0.1) is 22.5 Å². The number of anilines is 2. The third-order valence-electron chi connectivity index (χ3n) is 15.7. The Morgan fingerprint density at radius 3 is 1.45 bits per heavy atom. The predicted molar refractivity (Wildman–Crippen MR) is 279 cm³/mol. The quantitative estimate of drug-likeness (QED) is 0.0442. The van der Waals surface area contributed by atoms with Crippen LogP contribution in [0.5, 0.6) is 0 Å². The van der Waals surface area contributed by atoms with E-state index in [4.69, 9.17) is 0 Å². The van der Waals surface area contributed by atoms with E-state index in [0.717, 1.165) is 79.4 Å². The zero-order valence-corrected chi connectivity index (χ0v) is 41.4. The van der Waals surface area contributed by atoms with Crippen molar-refractivity contribution in [2.45, 2.75) is 188 Å². The fourth-order valence-corrected chi connectivity index (χ4v) is 11.7. The Balaban J connectivity index is 1.31. The third-order valence-corrected chi connectivity index (χ3v) is 15.7. The van der Waals surface area contributed by atoms with Crippen molar-refractivity contribution in [2.24, 2.45) is 11.8 Å². The van der Waals surface area contributed by atoms with Gasteiger partial charge in [-0.25, -0.2) is 0 Å². The Morgan fingerprint density at radius 2 is 0.877 bits per heavy atom. The van der Waals surface area contributed by atoms with Crippen LogP contribution in [-0.2, 0) is 15.0 Å². The Labute approximate surface area is 394 Å². The van der Waals surface area contributed by atoms with Gasteiger partial charge in [0.15, 0.2) is 0 Å². The van der Waals surface area contributed by atoms with E-state index in [9.17, 15) is 4.79 Å². The summed E-state index contributed by atoms with van der Waals surface area (Å²) >= 11 is 0. The Kier molecular flexibility index (Phi) is 17.4. The van der Waals surface area contributed by atoms with E-state index in [1.165, 1.54) is 118 Å². The topological polar surface area (TPSA) is 40.6 Å². The van der Waals surface area contributed by atoms with Gasteiger partial charge in [-0.1, -0.05) is 224 Å². The monoisotopic (exact) mass is 875 g/mol. The van der Waals surface area contributed by atoms with Gasteiger partial charge in [-0.3, -0.25) is 9.59 Å². The van der Waals surface area contributed by atoms with Crippen LogP contribution in [0.2, 0.25) is 0 Å². The van der Waals surface area contributed by atoms with Crippen LogP contribution in [0.3, 0.4) is 0 Å². The molecule has 1 aliphatic carbocycles. The minimum absolute atomic E-state index is 0.00316. The molecule has 0 spiro atoms. The summed E-state index contributed by atoms with van der Waals surface area (Å²) in [6.45, 7) is 15.0. The number of para-hydroxylation sites is 1. The van der Waals surface area contributed by atoms with E-state index in [1.807, 2.05) is 17.0 Å². The minimum atomic E-state index is -0.0235. The van der Waals surface area contributed by atoms with Crippen LogP contribution >= 0.6 is 0 Å². The molecule has 0 aromatic heterocycles. The van der Waals surface area contributed by atoms with Crippen molar-refractivity contribution in [3.63, 3.8) is 0 Å². The van der Waals surface area contributed by atoms with Gasteiger partial charge in [-0.2, -0.15) is 0 Å². The van der Waals surface area contributed by atoms with Crippen molar-refractivity contribution in [1.82, 2.24) is 0 Å². The van der Waals surface area contributed by atoms with Gasteiger partial charge in [0.25, 0.3) is 11.8 Å². The average Bonchev–Trinajstić information content (AvgIpc) is 3.88. The summed E-state index contributed by atoms with van der Waals surface area (Å²) < 4.78 is 0. The molecule has 65 heavy (non-hydrogen) atoms. The summed E-state index contributed by atoms with van der Waals surface area (Å²) in [6.07, 6.45) is 26.8. The normalized spacial score (nSPS) is 16.8. The summed E-state index contributed by atoms with van der Waals surface area (Å²) in [5, 5.41) is 0. The molecule has 0 bridgehead atoms. The molecule has 0 N–H and O–H groups in total. The first-order valence-electron chi connectivity index (χ1n) is 26.7. The van der Waals surface area contributed by atoms with Gasteiger partial charge in [0, 0.05) is 29.6 Å². The molecule has 4 aromatic rings. The SMILES string of the molecule is CCCCCCCCC1(CCCCCCCC)c2ccccc2-c2ccc(-c3ccc4c(c3)N(CC(CC)CCCC)C(=O)/C4=C3/C(=O)N(CC(CC)CCCC)c4ccccc43)cc21. The number of carbonyl (C=O) groups excluding carboxylic acids is 2. The van der Waals surface area contributed by atoms with Crippen LogP contribution in [0, 0.1) is 11.8 Å². The number of rotatable bonds is 27. The summed E-state index contributed by atoms with van der Waals surface area (Å²) in [5.41, 5.74) is 13.0. The third kappa shape index (κ3) is 10.4. The van der Waals surface area contributed by atoms with Crippen molar-refractivity contribution >= 4 is 34.3 Å². The number of amides is 2. The fourth-order valence-electron chi connectivity index (χ4n) is 11.7. The fraction of sp³-hybridized carbons (Fsp3) is 0.541. The van der Waals surface area contributed by atoms with Crippen molar-refractivity contribution < 1.29 is 9.59 Å². The molecule has 2 atom stereocenters. The van der Waals surface area contributed by atoms with E-state index >= 15 is 4.79 Å². The first-order valence-corrected chi connectivity index (χ1v) is 26.7. The van der Waals surface area contributed by atoms with Gasteiger partial charge >= 0.3 is 0 Å². The predicted octanol–water partition coefficient (Wildman–Crippen LogP) is 17.2. The molecule has 2 heterocycles. The lowest BCUT2D eigenvalue weighted by Crippen LogP contribution is -2.34. The minimum Gasteiger partial charge on any atom is -0.307 e. The molecule has 2 unspecified atom stereocenters. The molecule has 2 amide bonds. The van der Waals surface area contributed by atoms with Crippen molar-refractivity contribution in [3.05, 3.63) is 107 Å². The maximum Gasteiger partial charge on any atom is 0.259 e. The van der Waals surface area contributed by atoms with E-state index in [1.54, 1.807) is 0 Å². The molecule has 4 aromatic carbocycles. The summed E-state index contributed by atoms with van der Waals surface area (Å²) in [6, 6.07) is 31.5. The Bertz CT molecular complexity index is 2230. The second-order valence-electron chi connectivity index (χ2n) is 20.1. The maximum atomic E-state index is 15.2. The Hall–Kier alpha value is -4.44. The molecule has 0 saturated heterocycles. The highest BCUT2D eigenvalue weighted by Gasteiger charge is 2.44. The van der Waals surface area contributed by atoms with Crippen molar-refractivity contribution in [1.29, 1.82) is 0 Å². The van der Waals surface area contributed by atoms with Crippen molar-refractivity contribution in [2.75, 3.05) is 22.9 Å². The van der Waals surface area contributed by atoms with Crippen LogP contribution in [0.4, 0.5) is 11.4 Å². The first-order chi connectivity index (χ1) is 31.8. The second kappa shape index (κ2) is 23.3. The lowest BCUT2D eigenvalue weighted by atomic mass is 9.70. The molecule has 3 aliphatic rings. The summed E-state index contributed by atoms with van der Waals surface area (Å²) in [7, 11) is 0. The lowest BCUT2D eigenvalue weighted by molar-refractivity contribution is -0.114. The first kappa shape index (κ1) is 48.5. The van der Waals surface area contributed by atoms with Crippen LogP contribution in [0.25, 0.3) is 33.4 Å². The highest BCUT2D eigenvalue weighted by molar-refractivity contribution is 6.50. The number of hydrogen-bond donors (Lipinski definition) is 0. The zero-order chi connectivity index (χ0) is 45.8. The van der Waals surface area contributed by atoms with Gasteiger partial charge in [-0.05, 0) is 89.1 Å². The molecule has 0 radical (unpaired) electrons. The number of benzene rings is 4. The molecule has 348 valence electrons.